The molecule has 7 nitrogen and oxygen atoms in total. The monoisotopic (exact) mass is 329 g/mol. The molecule has 0 aliphatic carbocycles. The van der Waals surface area contributed by atoms with Gasteiger partial charge in [-0.25, -0.2) is 13.1 Å². The molecule has 1 unspecified atom stereocenters. The molecule has 1 aromatic rings. The van der Waals surface area contributed by atoms with Gasteiger partial charge >= 0.3 is 0 Å². The molecule has 22 heavy (non-hydrogen) atoms. The molecule has 0 aromatic heterocycles. The third kappa shape index (κ3) is 4.67. The summed E-state index contributed by atoms with van der Waals surface area (Å²) in [6.45, 7) is 9.28. The second-order valence-corrected chi connectivity index (χ2v) is 7.60. The van der Waals surface area contributed by atoms with Crippen molar-refractivity contribution in [1.29, 1.82) is 0 Å². The number of hydrogen-bond acceptors (Lipinski definition) is 5. The molecule has 8 heteroatoms. The number of benzene rings is 1. The van der Waals surface area contributed by atoms with E-state index >= 15 is 0 Å². The lowest BCUT2D eigenvalue weighted by Crippen LogP contribution is -2.30. The van der Waals surface area contributed by atoms with Crippen molar-refractivity contribution in [2.24, 2.45) is 5.92 Å². The Kier molecular flexibility index (Phi) is 5.90. The van der Waals surface area contributed by atoms with Crippen molar-refractivity contribution in [3.63, 3.8) is 0 Å². The first kappa shape index (κ1) is 18.4. The second kappa shape index (κ2) is 7.06. The Bertz CT molecular complexity index is 641. The molecule has 0 spiro atoms. The van der Waals surface area contributed by atoms with Crippen molar-refractivity contribution in [1.82, 2.24) is 4.72 Å². The first-order valence-electron chi connectivity index (χ1n) is 7.12. The topological polar surface area (TPSA) is 101 Å². The van der Waals surface area contributed by atoms with E-state index in [1.807, 2.05) is 20.8 Å². The van der Waals surface area contributed by atoms with Gasteiger partial charge in [0.1, 0.15) is 5.69 Å². The molecule has 124 valence electrons. The standard InChI is InChI=1S/C14H23N3O4S/c1-9(2)11(5)15-13-7-6-12(8-14(13)17(18)19)22(20,21)16-10(3)4/h6-11,15-16H,1-5H3. The van der Waals surface area contributed by atoms with E-state index in [0.29, 0.717) is 5.69 Å². The molecule has 1 rings (SSSR count). The predicted octanol–water partition coefficient (Wildman–Crippen LogP) is 2.74. The summed E-state index contributed by atoms with van der Waals surface area (Å²) in [5.41, 5.74) is 0.0637. The zero-order valence-corrected chi connectivity index (χ0v) is 14.3. The lowest BCUT2D eigenvalue weighted by molar-refractivity contribution is -0.384. The number of hydrogen-bond donors (Lipinski definition) is 2. The van der Waals surface area contributed by atoms with Gasteiger partial charge in [-0.1, -0.05) is 13.8 Å². The van der Waals surface area contributed by atoms with Crippen LogP contribution >= 0.6 is 0 Å². The van der Waals surface area contributed by atoms with Crippen LogP contribution in [0.3, 0.4) is 0 Å². The Morgan fingerprint density at radius 2 is 1.73 bits per heavy atom. The molecule has 1 aromatic carbocycles. The summed E-state index contributed by atoms with van der Waals surface area (Å²) in [5, 5.41) is 14.3. The van der Waals surface area contributed by atoms with Crippen LogP contribution in [-0.2, 0) is 10.0 Å². The van der Waals surface area contributed by atoms with Gasteiger partial charge in [-0.05, 0) is 38.8 Å². The van der Waals surface area contributed by atoms with Crippen LogP contribution in [-0.4, -0.2) is 25.4 Å². The largest absolute Gasteiger partial charge is 0.377 e. The van der Waals surface area contributed by atoms with Gasteiger partial charge < -0.3 is 5.32 Å². The zero-order chi connectivity index (χ0) is 17.1. The molecule has 0 saturated heterocycles. The van der Waals surface area contributed by atoms with E-state index in [-0.39, 0.29) is 28.6 Å². The summed E-state index contributed by atoms with van der Waals surface area (Å²) >= 11 is 0. The number of nitrogens with one attached hydrogen (secondary N) is 2. The lowest BCUT2D eigenvalue weighted by atomic mass is 10.1. The highest BCUT2D eigenvalue weighted by atomic mass is 32.2. The van der Waals surface area contributed by atoms with Crippen LogP contribution in [0.5, 0.6) is 0 Å². The average molecular weight is 329 g/mol. The fourth-order valence-electron chi connectivity index (χ4n) is 1.74. The van der Waals surface area contributed by atoms with Crippen LogP contribution in [0.4, 0.5) is 11.4 Å². The summed E-state index contributed by atoms with van der Waals surface area (Å²) < 4.78 is 26.6. The van der Waals surface area contributed by atoms with Crippen molar-refractivity contribution in [3.8, 4) is 0 Å². The minimum absolute atomic E-state index is 0.0231. The quantitative estimate of drug-likeness (QED) is 0.591. The maximum atomic E-state index is 12.1. The lowest BCUT2D eigenvalue weighted by Gasteiger charge is -2.19. The number of sulfonamides is 1. The Morgan fingerprint density at radius 1 is 1.14 bits per heavy atom. The van der Waals surface area contributed by atoms with E-state index in [1.165, 1.54) is 12.1 Å². The number of nitro groups is 1. The van der Waals surface area contributed by atoms with Gasteiger partial charge in [0.2, 0.25) is 10.0 Å². The van der Waals surface area contributed by atoms with Gasteiger partial charge in [-0.15, -0.1) is 0 Å². The molecule has 1 atom stereocenters. The molecule has 0 aliphatic rings. The zero-order valence-electron chi connectivity index (χ0n) is 13.5. The highest BCUT2D eigenvalue weighted by Gasteiger charge is 2.23. The molecule has 0 radical (unpaired) electrons. The molecule has 0 fully saturated rings. The van der Waals surface area contributed by atoms with E-state index in [2.05, 4.69) is 10.0 Å². The van der Waals surface area contributed by atoms with Crippen LogP contribution in [0.15, 0.2) is 23.1 Å². The smallest absolute Gasteiger partial charge is 0.293 e. The number of rotatable bonds is 7. The Hall–Kier alpha value is -1.67. The second-order valence-electron chi connectivity index (χ2n) is 5.89. The third-order valence-electron chi connectivity index (χ3n) is 3.25. The maximum absolute atomic E-state index is 12.1. The van der Waals surface area contributed by atoms with E-state index in [9.17, 15) is 18.5 Å². The van der Waals surface area contributed by atoms with Crippen molar-refractivity contribution in [3.05, 3.63) is 28.3 Å². The first-order chi connectivity index (χ1) is 10.0. The van der Waals surface area contributed by atoms with E-state index in [1.54, 1.807) is 13.8 Å². The van der Waals surface area contributed by atoms with Crippen molar-refractivity contribution in [2.45, 2.75) is 51.6 Å². The van der Waals surface area contributed by atoms with Gasteiger partial charge in [-0.3, -0.25) is 10.1 Å². The van der Waals surface area contributed by atoms with Gasteiger partial charge in [0.05, 0.1) is 9.82 Å². The van der Waals surface area contributed by atoms with Crippen LogP contribution in [0.1, 0.15) is 34.6 Å². The van der Waals surface area contributed by atoms with Crippen molar-refractivity contribution < 1.29 is 13.3 Å². The van der Waals surface area contributed by atoms with Crippen LogP contribution < -0.4 is 10.0 Å². The minimum atomic E-state index is -3.76. The Morgan fingerprint density at radius 3 is 2.18 bits per heavy atom. The van der Waals surface area contributed by atoms with E-state index in [0.717, 1.165) is 6.07 Å². The fourth-order valence-corrected chi connectivity index (χ4v) is 3.01. The fraction of sp³-hybridized carbons (Fsp3) is 0.571. The van der Waals surface area contributed by atoms with E-state index in [4.69, 9.17) is 0 Å². The first-order valence-corrected chi connectivity index (χ1v) is 8.60. The van der Waals surface area contributed by atoms with Gasteiger partial charge in [0.25, 0.3) is 5.69 Å². The molecule has 0 bridgehead atoms. The molecule has 0 amide bonds. The van der Waals surface area contributed by atoms with Gasteiger partial charge in [-0.2, -0.15) is 0 Å². The van der Waals surface area contributed by atoms with Crippen molar-refractivity contribution >= 4 is 21.4 Å². The molecule has 0 saturated carbocycles. The highest BCUT2D eigenvalue weighted by Crippen LogP contribution is 2.29. The summed E-state index contributed by atoms with van der Waals surface area (Å²) in [6.07, 6.45) is 0. The van der Waals surface area contributed by atoms with E-state index < -0.39 is 14.9 Å². The summed E-state index contributed by atoms with van der Waals surface area (Å²) in [6, 6.07) is 3.62. The van der Waals surface area contributed by atoms with Crippen LogP contribution in [0.25, 0.3) is 0 Å². The van der Waals surface area contributed by atoms with Crippen LogP contribution in [0, 0.1) is 16.0 Å². The summed E-state index contributed by atoms with van der Waals surface area (Å²) in [5.74, 6) is 0.283. The molecular formula is C14H23N3O4S. The summed E-state index contributed by atoms with van der Waals surface area (Å²) in [4.78, 5) is 10.5. The van der Waals surface area contributed by atoms with Gasteiger partial charge in [0.15, 0.2) is 0 Å². The maximum Gasteiger partial charge on any atom is 0.293 e. The molecule has 0 heterocycles. The predicted molar refractivity (Wildman–Crippen MR) is 86.5 cm³/mol. The van der Waals surface area contributed by atoms with Crippen molar-refractivity contribution in [2.75, 3.05) is 5.32 Å². The van der Waals surface area contributed by atoms with Gasteiger partial charge in [0, 0.05) is 18.2 Å². The number of nitrogens with zero attached hydrogens (tertiary/aromatic N) is 1. The molecule has 0 aliphatic heterocycles. The Balaban J connectivity index is 3.23. The highest BCUT2D eigenvalue weighted by molar-refractivity contribution is 7.89. The summed E-state index contributed by atoms with van der Waals surface area (Å²) in [7, 11) is -3.76. The third-order valence-corrected chi connectivity index (χ3v) is 4.91. The minimum Gasteiger partial charge on any atom is -0.377 e. The molecule has 2 N–H and O–H groups in total. The SMILES string of the molecule is CC(C)NS(=O)(=O)c1ccc(NC(C)C(C)C)c([N+](=O)[O-])c1. The number of nitro benzene ring substituents is 1. The normalized spacial score (nSPS) is 13.4. The van der Waals surface area contributed by atoms with Crippen LogP contribution in [0.2, 0.25) is 0 Å². The number of anilines is 1. The Labute approximate surface area is 131 Å². The molecular weight excluding hydrogens is 306 g/mol. The average Bonchev–Trinajstić information content (AvgIpc) is 2.36.